The lowest BCUT2D eigenvalue weighted by Gasteiger charge is -2.09. The zero-order chi connectivity index (χ0) is 18.7. The third kappa shape index (κ3) is 4.22. The van der Waals surface area contributed by atoms with Crippen molar-refractivity contribution in [2.45, 2.75) is 6.54 Å². The van der Waals surface area contributed by atoms with Crippen molar-refractivity contribution in [2.24, 2.45) is 0 Å². The van der Waals surface area contributed by atoms with Crippen LogP contribution in [-0.4, -0.2) is 35.6 Å². The fourth-order valence-electron chi connectivity index (χ4n) is 2.34. The van der Waals surface area contributed by atoms with Crippen LogP contribution in [0.3, 0.4) is 0 Å². The molecule has 10 heteroatoms. The minimum atomic E-state index is -3.42. The molecule has 1 heterocycles. The van der Waals surface area contributed by atoms with Crippen LogP contribution in [0.2, 0.25) is 0 Å². The van der Waals surface area contributed by atoms with E-state index in [1.807, 2.05) is 0 Å². The highest BCUT2D eigenvalue weighted by atomic mass is 32.2. The lowest BCUT2D eigenvalue weighted by atomic mass is 10.2. The van der Waals surface area contributed by atoms with Crippen LogP contribution in [0.1, 0.15) is 0 Å². The van der Waals surface area contributed by atoms with Crippen molar-refractivity contribution in [3.05, 3.63) is 58.9 Å². The van der Waals surface area contributed by atoms with Crippen molar-refractivity contribution >= 4 is 38.2 Å². The van der Waals surface area contributed by atoms with Crippen molar-refractivity contribution in [2.75, 3.05) is 16.3 Å². The Morgan fingerprint density at radius 2 is 1.85 bits per heavy atom. The largest absolute Gasteiger partial charge is 0.324 e. The van der Waals surface area contributed by atoms with Gasteiger partial charge in [0.2, 0.25) is 15.9 Å². The van der Waals surface area contributed by atoms with E-state index in [1.54, 1.807) is 42.5 Å². The lowest BCUT2D eigenvalue weighted by Crippen LogP contribution is -2.30. The van der Waals surface area contributed by atoms with Gasteiger partial charge >= 0.3 is 0 Å². The van der Waals surface area contributed by atoms with Gasteiger partial charge in [-0.25, -0.2) is 13.1 Å². The minimum absolute atomic E-state index is 0.313. The van der Waals surface area contributed by atoms with Gasteiger partial charge in [0.05, 0.1) is 17.3 Å². The quantitative estimate of drug-likeness (QED) is 0.682. The predicted molar refractivity (Wildman–Crippen MR) is 97.3 cm³/mol. The number of aromatic nitrogens is 3. The van der Waals surface area contributed by atoms with Crippen molar-refractivity contribution in [3.63, 3.8) is 0 Å². The number of rotatable bonds is 5. The molecule has 2 aromatic carbocycles. The number of amides is 1. The molecule has 2 N–H and O–H groups in total. The van der Waals surface area contributed by atoms with Crippen molar-refractivity contribution < 1.29 is 13.2 Å². The van der Waals surface area contributed by atoms with Gasteiger partial charge < -0.3 is 5.32 Å². The molecule has 3 aromatic rings. The molecule has 0 aliphatic heterocycles. The Bertz CT molecular complexity index is 1140. The summed E-state index contributed by atoms with van der Waals surface area (Å²) in [4.78, 5) is 24.5. The van der Waals surface area contributed by atoms with Crippen LogP contribution in [0.4, 0.5) is 11.4 Å². The highest BCUT2D eigenvalue weighted by molar-refractivity contribution is 7.92. The molecule has 134 valence electrons. The number of nitrogens with zero attached hydrogens (tertiary/aromatic N) is 3. The van der Waals surface area contributed by atoms with E-state index in [2.05, 4.69) is 20.4 Å². The molecule has 0 atom stereocenters. The second kappa shape index (κ2) is 6.92. The molecule has 0 radical (unpaired) electrons. The number of carbonyl (C=O) groups excluding carboxylic acids is 1. The number of hydrogen-bond acceptors (Lipinski definition) is 6. The first-order valence-corrected chi connectivity index (χ1v) is 9.41. The summed E-state index contributed by atoms with van der Waals surface area (Å²) in [5.74, 6) is -0.492. The molecule has 3 rings (SSSR count). The second-order valence-corrected chi connectivity index (χ2v) is 7.32. The van der Waals surface area contributed by atoms with Gasteiger partial charge in [0.15, 0.2) is 0 Å². The topological polar surface area (TPSA) is 123 Å². The molecule has 0 unspecified atom stereocenters. The summed E-state index contributed by atoms with van der Waals surface area (Å²) in [7, 11) is -3.42. The molecule has 0 aliphatic rings. The van der Waals surface area contributed by atoms with Crippen molar-refractivity contribution in [1.29, 1.82) is 0 Å². The fraction of sp³-hybridized carbons (Fsp3) is 0.125. The van der Waals surface area contributed by atoms with E-state index < -0.39 is 21.5 Å². The average Bonchev–Trinajstić information content (AvgIpc) is 2.56. The summed E-state index contributed by atoms with van der Waals surface area (Å²) in [6, 6.07) is 12.9. The molecular formula is C16H15N5O4S. The first-order chi connectivity index (χ1) is 12.3. The molecule has 9 nitrogen and oxygen atoms in total. The van der Waals surface area contributed by atoms with E-state index in [1.165, 1.54) is 6.07 Å². The molecule has 0 aliphatic carbocycles. The first-order valence-electron chi connectivity index (χ1n) is 7.52. The predicted octanol–water partition coefficient (Wildman–Crippen LogP) is 0.802. The van der Waals surface area contributed by atoms with Crippen LogP contribution in [0.5, 0.6) is 0 Å². The summed E-state index contributed by atoms with van der Waals surface area (Å²) in [6.45, 7) is -0.319. The molecule has 26 heavy (non-hydrogen) atoms. The Balaban J connectivity index is 1.76. The summed E-state index contributed by atoms with van der Waals surface area (Å²) < 4.78 is 25.8. The highest BCUT2D eigenvalue weighted by Gasteiger charge is 2.10. The number of sulfonamides is 1. The third-order valence-electron chi connectivity index (χ3n) is 3.37. The number of benzene rings is 2. The molecule has 1 aromatic heterocycles. The van der Waals surface area contributed by atoms with E-state index in [-0.39, 0.29) is 6.54 Å². The number of hydrogen-bond donors (Lipinski definition) is 2. The van der Waals surface area contributed by atoms with E-state index in [0.717, 1.165) is 10.9 Å². The fourth-order valence-corrected chi connectivity index (χ4v) is 2.89. The first kappa shape index (κ1) is 17.5. The molecule has 0 bridgehead atoms. The maximum atomic E-state index is 12.3. The molecule has 0 saturated heterocycles. The van der Waals surface area contributed by atoms with Crippen LogP contribution in [-0.2, 0) is 21.4 Å². The third-order valence-corrected chi connectivity index (χ3v) is 3.98. The smallest absolute Gasteiger partial charge is 0.278 e. The second-order valence-electron chi connectivity index (χ2n) is 5.57. The van der Waals surface area contributed by atoms with Gasteiger partial charge in [-0.2, -0.15) is 0 Å². The minimum Gasteiger partial charge on any atom is -0.324 e. The Morgan fingerprint density at radius 1 is 1.12 bits per heavy atom. The standard InChI is InChI=1S/C16H15N5O4S/c1-26(24,25)19-12-6-4-5-11(9-12)17-15(22)10-21-16(23)13-7-2-3-8-14(13)18-20-21/h2-9,19H,10H2,1H3,(H,17,22). The van der Waals surface area contributed by atoms with Crippen molar-refractivity contribution in [3.8, 4) is 0 Å². The van der Waals surface area contributed by atoms with Crippen LogP contribution < -0.4 is 15.6 Å². The SMILES string of the molecule is CS(=O)(=O)Nc1cccc(NC(=O)Cn2nnc3ccccc3c2=O)c1. The maximum Gasteiger partial charge on any atom is 0.278 e. The Labute approximate surface area is 148 Å². The Kier molecular flexibility index (Phi) is 4.67. The van der Waals surface area contributed by atoms with Crippen LogP contribution in [0.25, 0.3) is 10.9 Å². The average molecular weight is 373 g/mol. The van der Waals surface area contributed by atoms with Gasteiger partial charge in [0, 0.05) is 5.69 Å². The monoisotopic (exact) mass is 373 g/mol. The Hall–Kier alpha value is -3.27. The zero-order valence-corrected chi connectivity index (χ0v) is 14.5. The maximum absolute atomic E-state index is 12.3. The van der Waals surface area contributed by atoms with Crippen LogP contribution >= 0.6 is 0 Å². The molecule has 0 fully saturated rings. The summed E-state index contributed by atoms with van der Waals surface area (Å²) in [5, 5.41) is 10.6. The number of fused-ring (bicyclic) bond motifs is 1. The van der Waals surface area contributed by atoms with Gasteiger partial charge in [0.1, 0.15) is 12.1 Å². The van der Waals surface area contributed by atoms with Crippen LogP contribution in [0.15, 0.2) is 53.3 Å². The van der Waals surface area contributed by atoms with Gasteiger partial charge in [-0.3, -0.25) is 14.3 Å². The van der Waals surface area contributed by atoms with Gasteiger partial charge in [-0.15, -0.1) is 5.10 Å². The number of carbonyl (C=O) groups is 1. The van der Waals surface area contributed by atoms with E-state index in [4.69, 9.17) is 0 Å². The molecule has 0 saturated carbocycles. The highest BCUT2D eigenvalue weighted by Crippen LogP contribution is 2.16. The normalized spacial score (nSPS) is 11.3. The summed E-state index contributed by atoms with van der Waals surface area (Å²) in [5.41, 5.74) is 0.727. The van der Waals surface area contributed by atoms with E-state index in [9.17, 15) is 18.0 Å². The van der Waals surface area contributed by atoms with Gasteiger partial charge in [-0.05, 0) is 30.3 Å². The van der Waals surface area contributed by atoms with E-state index >= 15 is 0 Å². The summed E-state index contributed by atoms with van der Waals surface area (Å²) in [6.07, 6.45) is 1.03. The zero-order valence-electron chi connectivity index (χ0n) is 13.7. The molecule has 1 amide bonds. The van der Waals surface area contributed by atoms with Gasteiger partial charge in [0.25, 0.3) is 5.56 Å². The number of anilines is 2. The van der Waals surface area contributed by atoms with E-state index in [0.29, 0.717) is 22.3 Å². The molecular weight excluding hydrogens is 358 g/mol. The van der Waals surface area contributed by atoms with Crippen molar-refractivity contribution in [1.82, 2.24) is 15.0 Å². The summed E-state index contributed by atoms with van der Waals surface area (Å²) >= 11 is 0. The molecule has 0 spiro atoms. The lowest BCUT2D eigenvalue weighted by molar-refractivity contribution is -0.117. The Morgan fingerprint density at radius 3 is 2.62 bits per heavy atom. The number of nitrogens with one attached hydrogen (secondary N) is 2. The van der Waals surface area contributed by atoms with Crippen LogP contribution in [0, 0.1) is 0 Å². The van der Waals surface area contributed by atoms with Gasteiger partial charge in [-0.1, -0.05) is 23.4 Å².